The normalized spacial score (nSPS) is 13.0. The molecule has 4 rings (SSSR count). The largest absolute Gasteiger partial charge is 0.365 e. The Hall–Kier alpha value is -3.45. The minimum absolute atomic E-state index is 0.0146. The number of primary amides is 1. The summed E-state index contributed by atoms with van der Waals surface area (Å²) in [6, 6.07) is 16.1. The summed E-state index contributed by atoms with van der Waals surface area (Å²) in [7, 11) is 0. The maximum atomic E-state index is 12.8. The highest BCUT2D eigenvalue weighted by molar-refractivity contribution is 7.17. The molecular weight excluding hydrogens is 398 g/mol. The lowest BCUT2D eigenvalue weighted by atomic mass is 10.0. The van der Waals surface area contributed by atoms with E-state index < -0.39 is 5.91 Å². The fraction of sp³-hybridized carbons (Fsp3) is 0.174. The zero-order valence-corrected chi connectivity index (χ0v) is 17.2. The second kappa shape index (κ2) is 8.12. The van der Waals surface area contributed by atoms with Crippen molar-refractivity contribution < 1.29 is 14.4 Å². The van der Waals surface area contributed by atoms with Crippen LogP contribution in [-0.4, -0.2) is 17.7 Å². The number of nitrogens with two attached hydrogens (primary N) is 1. The van der Waals surface area contributed by atoms with E-state index in [4.69, 9.17) is 5.73 Å². The average Bonchev–Trinajstić information content (AvgIpc) is 3.53. The summed E-state index contributed by atoms with van der Waals surface area (Å²) >= 11 is 1.32. The van der Waals surface area contributed by atoms with Gasteiger partial charge in [0, 0.05) is 27.6 Å². The molecule has 1 fully saturated rings. The molecule has 3 amide bonds. The van der Waals surface area contributed by atoms with Crippen molar-refractivity contribution in [2.75, 3.05) is 10.6 Å². The Morgan fingerprint density at radius 2 is 1.63 bits per heavy atom. The molecule has 3 aromatic rings. The van der Waals surface area contributed by atoms with E-state index in [1.54, 1.807) is 24.3 Å². The van der Waals surface area contributed by atoms with Crippen molar-refractivity contribution in [1.29, 1.82) is 0 Å². The van der Waals surface area contributed by atoms with Crippen LogP contribution in [0, 0.1) is 12.8 Å². The highest BCUT2D eigenvalue weighted by Crippen LogP contribution is 2.39. The first-order valence-electron chi connectivity index (χ1n) is 9.65. The molecule has 1 aliphatic carbocycles. The summed E-state index contributed by atoms with van der Waals surface area (Å²) in [5.74, 6) is -0.813. The van der Waals surface area contributed by atoms with Gasteiger partial charge in [0.05, 0.1) is 5.56 Å². The van der Waals surface area contributed by atoms with Gasteiger partial charge in [-0.25, -0.2) is 0 Å². The summed E-state index contributed by atoms with van der Waals surface area (Å²) in [5, 5.41) is 6.09. The van der Waals surface area contributed by atoms with Crippen molar-refractivity contribution in [3.63, 3.8) is 0 Å². The van der Waals surface area contributed by atoms with Crippen LogP contribution in [0.1, 0.15) is 38.4 Å². The molecule has 0 bridgehead atoms. The SMILES string of the molecule is Cc1sc(NC(=O)c2ccc(NC(=O)C3CC3)cc2)c(C(N)=O)c1-c1ccccc1. The molecular formula is C23H21N3O3S. The summed E-state index contributed by atoms with van der Waals surface area (Å²) in [6.45, 7) is 1.90. The van der Waals surface area contributed by atoms with E-state index in [0.717, 1.165) is 28.8 Å². The van der Waals surface area contributed by atoms with Gasteiger partial charge in [-0.3, -0.25) is 14.4 Å². The Morgan fingerprint density at radius 3 is 2.23 bits per heavy atom. The second-order valence-corrected chi connectivity index (χ2v) is 8.49. The molecule has 152 valence electrons. The first kappa shape index (κ1) is 19.8. The van der Waals surface area contributed by atoms with E-state index in [1.807, 2.05) is 37.3 Å². The van der Waals surface area contributed by atoms with Crippen molar-refractivity contribution in [2.24, 2.45) is 11.7 Å². The van der Waals surface area contributed by atoms with E-state index in [2.05, 4.69) is 10.6 Å². The Labute approximate surface area is 178 Å². The van der Waals surface area contributed by atoms with Gasteiger partial charge in [0.2, 0.25) is 5.91 Å². The first-order chi connectivity index (χ1) is 14.4. The van der Waals surface area contributed by atoms with Crippen LogP contribution in [0.15, 0.2) is 54.6 Å². The van der Waals surface area contributed by atoms with E-state index in [9.17, 15) is 14.4 Å². The van der Waals surface area contributed by atoms with Gasteiger partial charge >= 0.3 is 0 Å². The number of hydrogen-bond donors (Lipinski definition) is 3. The molecule has 1 saturated carbocycles. The van der Waals surface area contributed by atoms with Crippen LogP contribution in [0.4, 0.5) is 10.7 Å². The van der Waals surface area contributed by atoms with Gasteiger partial charge in [-0.1, -0.05) is 30.3 Å². The van der Waals surface area contributed by atoms with Crippen molar-refractivity contribution in [3.8, 4) is 11.1 Å². The van der Waals surface area contributed by atoms with Crippen LogP contribution < -0.4 is 16.4 Å². The van der Waals surface area contributed by atoms with Gasteiger partial charge < -0.3 is 16.4 Å². The summed E-state index contributed by atoms with van der Waals surface area (Å²) in [4.78, 5) is 37.7. The minimum Gasteiger partial charge on any atom is -0.365 e. The zero-order valence-electron chi connectivity index (χ0n) is 16.4. The van der Waals surface area contributed by atoms with Crippen LogP contribution in [-0.2, 0) is 4.79 Å². The molecule has 0 radical (unpaired) electrons. The van der Waals surface area contributed by atoms with Crippen LogP contribution in [0.3, 0.4) is 0 Å². The molecule has 4 N–H and O–H groups in total. The van der Waals surface area contributed by atoms with Crippen molar-refractivity contribution in [3.05, 3.63) is 70.6 Å². The molecule has 0 aliphatic heterocycles. The number of carbonyl (C=O) groups excluding carboxylic acids is 3. The van der Waals surface area contributed by atoms with Gasteiger partial charge in [0.15, 0.2) is 0 Å². The monoisotopic (exact) mass is 419 g/mol. The molecule has 6 nitrogen and oxygen atoms in total. The molecule has 1 aliphatic rings. The molecule has 2 aromatic carbocycles. The van der Waals surface area contributed by atoms with E-state index in [-0.39, 0.29) is 17.7 Å². The maximum Gasteiger partial charge on any atom is 0.256 e. The first-order valence-corrected chi connectivity index (χ1v) is 10.5. The lowest BCUT2D eigenvalue weighted by molar-refractivity contribution is -0.117. The number of nitrogens with one attached hydrogen (secondary N) is 2. The van der Waals surface area contributed by atoms with Gasteiger partial charge in [-0.2, -0.15) is 0 Å². The summed E-state index contributed by atoms with van der Waals surface area (Å²) in [5.41, 5.74) is 8.64. The smallest absolute Gasteiger partial charge is 0.256 e. The molecule has 0 unspecified atom stereocenters. The van der Waals surface area contributed by atoms with Gasteiger partial charge in [-0.15, -0.1) is 11.3 Å². The predicted molar refractivity (Wildman–Crippen MR) is 119 cm³/mol. The molecule has 7 heteroatoms. The van der Waals surface area contributed by atoms with Crippen LogP contribution >= 0.6 is 11.3 Å². The van der Waals surface area contributed by atoms with E-state index in [0.29, 0.717) is 21.8 Å². The third kappa shape index (κ3) is 4.11. The molecule has 0 saturated heterocycles. The van der Waals surface area contributed by atoms with Crippen molar-refractivity contribution >= 4 is 39.7 Å². The van der Waals surface area contributed by atoms with Crippen LogP contribution in [0.2, 0.25) is 0 Å². The number of benzene rings is 2. The Morgan fingerprint density at radius 1 is 0.967 bits per heavy atom. The highest BCUT2D eigenvalue weighted by Gasteiger charge is 2.29. The van der Waals surface area contributed by atoms with Gasteiger partial charge in [0.25, 0.3) is 11.8 Å². The Bertz CT molecular complexity index is 1120. The van der Waals surface area contributed by atoms with Gasteiger partial charge in [0.1, 0.15) is 5.00 Å². The number of amides is 3. The van der Waals surface area contributed by atoms with Crippen molar-refractivity contribution in [2.45, 2.75) is 19.8 Å². The number of anilines is 2. The number of thiophene rings is 1. The second-order valence-electron chi connectivity index (χ2n) is 7.26. The third-order valence-electron chi connectivity index (χ3n) is 4.98. The molecule has 0 spiro atoms. The zero-order chi connectivity index (χ0) is 21.3. The van der Waals surface area contributed by atoms with Gasteiger partial charge in [-0.05, 0) is 49.6 Å². The Balaban J connectivity index is 1.56. The number of carbonyl (C=O) groups is 3. The standard InChI is InChI=1S/C23H21N3O3S/c1-13-18(14-5-3-2-4-6-14)19(20(24)27)23(30-13)26-22(29)16-9-11-17(12-10-16)25-21(28)15-7-8-15/h2-6,9-12,15H,7-8H2,1H3,(H2,24,27)(H,25,28)(H,26,29). The van der Waals surface area contributed by atoms with Crippen LogP contribution in [0.5, 0.6) is 0 Å². The topological polar surface area (TPSA) is 101 Å². The lowest BCUT2D eigenvalue weighted by Gasteiger charge is -2.08. The predicted octanol–water partition coefficient (Wildman–Crippen LogP) is 4.42. The number of hydrogen-bond acceptors (Lipinski definition) is 4. The fourth-order valence-corrected chi connectivity index (χ4v) is 4.37. The number of aryl methyl sites for hydroxylation is 1. The molecule has 1 heterocycles. The van der Waals surface area contributed by atoms with Crippen LogP contribution in [0.25, 0.3) is 11.1 Å². The minimum atomic E-state index is -0.591. The number of rotatable bonds is 6. The molecule has 0 atom stereocenters. The molecule has 30 heavy (non-hydrogen) atoms. The average molecular weight is 420 g/mol. The summed E-state index contributed by atoms with van der Waals surface area (Å²) < 4.78 is 0. The fourth-order valence-electron chi connectivity index (χ4n) is 3.29. The van der Waals surface area contributed by atoms with E-state index in [1.165, 1.54) is 11.3 Å². The van der Waals surface area contributed by atoms with Crippen molar-refractivity contribution in [1.82, 2.24) is 0 Å². The highest BCUT2D eigenvalue weighted by atomic mass is 32.1. The third-order valence-corrected chi connectivity index (χ3v) is 6.00. The Kier molecular flexibility index (Phi) is 5.37. The quantitative estimate of drug-likeness (QED) is 0.551. The molecule has 1 aromatic heterocycles. The van der Waals surface area contributed by atoms with E-state index >= 15 is 0 Å². The summed E-state index contributed by atoms with van der Waals surface area (Å²) in [6.07, 6.45) is 1.86. The maximum absolute atomic E-state index is 12.8. The lowest BCUT2D eigenvalue weighted by Crippen LogP contribution is -2.17.